The summed E-state index contributed by atoms with van der Waals surface area (Å²) in [6.45, 7) is 6.77. The van der Waals surface area contributed by atoms with Gasteiger partial charge in [-0.2, -0.15) is 0 Å². The van der Waals surface area contributed by atoms with Gasteiger partial charge in [-0.1, -0.05) is 0 Å². The summed E-state index contributed by atoms with van der Waals surface area (Å²) in [6, 6.07) is 2.19. The van der Waals surface area contributed by atoms with Crippen LogP contribution < -0.4 is 5.32 Å². The molecule has 1 spiro atoms. The normalized spacial score (nSPS) is 25.4. The molecule has 0 aliphatic carbocycles. The minimum Gasteiger partial charge on any atom is -0.384 e. The lowest BCUT2D eigenvalue weighted by molar-refractivity contribution is -0.126. The number of hydrogen-bond acceptors (Lipinski definition) is 4. The Hall–Kier alpha value is -0.910. The largest absolute Gasteiger partial charge is 0.384 e. The molecule has 1 aromatic rings. The Labute approximate surface area is 130 Å². The van der Waals surface area contributed by atoms with Gasteiger partial charge in [-0.3, -0.25) is 9.69 Å². The van der Waals surface area contributed by atoms with Crippen LogP contribution in [-0.2, 0) is 16.1 Å². The molecule has 1 aromatic heterocycles. The van der Waals surface area contributed by atoms with Crippen LogP contribution in [0, 0.1) is 18.3 Å². The first-order chi connectivity index (χ1) is 10.1. The summed E-state index contributed by atoms with van der Waals surface area (Å²) in [5.41, 5.74) is 1.52. The van der Waals surface area contributed by atoms with E-state index in [1.165, 1.54) is 10.4 Å². The van der Waals surface area contributed by atoms with Crippen LogP contribution in [-0.4, -0.2) is 44.2 Å². The summed E-state index contributed by atoms with van der Waals surface area (Å²) in [6.07, 6.45) is 2.17. The quantitative estimate of drug-likeness (QED) is 0.925. The number of amides is 1. The standard InChI is InChI=1S/C16H24N2O2S/c1-12-3-8-21-14(12)9-18-6-4-16(5-7-18)11-17-15(19)13(16)10-20-2/h3,8,13H,4-7,9-11H2,1-2H3,(H,17,19)/t13-/m1/s1. The summed E-state index contributed by atoms with van der Waals surface area (Å²) in [7, 11) is 1.69. The first-order valence-electron chi connectivity index (χ1n) is 7.66. The van der Waals surface area contributed by atoms with Crippen LogP contribution in [0.1, 0.15) is 23.3 Å². The second kappa shape index (κ2) is 6.07. The summed E-state index contributed by atoms with van der Waals surface area (Å²) >= 11 is 1.85. The first kappa shape index (κ1) is 15.0. The average Bonchev–Trinajstić information content (AvgIpc) is 3.01. The molecule has 0 unspecified atom stereocenters. The molecule has 3 rings (SSSR count). The van der Waals surface area contributed by atoms with Crippen LogP contribution in [0.15, 0.2) is 11.4 Å². The maximum Gasteiger partial charge on any atom is 0.226 e. The number of carbonyl (C=O) groups excluding carboxylic acids is 1. The summed E-state index contributed by atoms with van der Waals surface area (Å²) in [5, 5.41) is 5.22. The van der Waals surface area contributed by atoms with Crippen molar-refractivity contribution in [1.82, 2.24) is 10.2 Å². The number of aryl methyl sites for hydroxylation is 1. The van der Waals surface area contributed by atoms with E-state index in [1.807, 2.05) is 11.3 Å². The number of methoxy groups -OCH3 is 1. The molecule has 2 fully saturated rings. The topological polar surface area (TPSA) is 41.6 Å². The SMILES string of the molecule is COC[C@@H]1C(=O)NCC12CCN(Cc1sccc1C)CC2. The number of likely N-dealkylation sites (tertiary alicyclic amines) is 1. The zero-order valence-corrected chi connectivity index (χ0v) is 13.7. The molecule has 0 radical (unpaired) electrons. The van der Waals surface area contributed by atoms with E-state index in [2.05, 4.69) is 28.6 Å². The van der Waals surface area contributed by atoms with Gasteiger partial charge in [0.15, 0.2) is 0 Å². The molecule has 0 saturated carbocycles. The molecule has 0 aromatic carbocycles. The zero-order valence-electron chi connectivity index (χ0n) is 12.9. The number of ether oxygens (including phenoxy) is 1. The lowest BCUT2D eigenvalue weighted by Crippen LogP contribution is -2.45. The van der Waals surface area contributed by atoms with Gasteiger partial charge in [0.05, 0.1) is 12.5 Å². The third kappa shape index (κ3) is 2.87. The van der Waals surface area contributed by atoms with Crippen LogP contribution in [0.5, 0.6) is 0 Å². The summed E-state index contributed by atoms with van der Waals surface area (Å²) < 4.78 is 5.28. The van der Waals surface area contributed by atoms with Crippen molar-refractivity contribution in [1.29, 1.82) is 0 Å². The van der Waals surface area contributed by atoms with Crippen molar-refractivity contribution in [3.63, 3.8) is 0 Å². The highest BCUT2D eigenvalue weighted by Crippen LogP contribution is 2.42. The molecule has 1 atom stereocenters. The minimum absolute atomic E-state index is 0.0353. The Morgan fingerprint density at radius 1 is 1.48 bits per heavy atom. The number of piperidine rings is 1. The highest BCUT2D eigenvalue weighted by atomic mass is 32.1. The number of hydrogen-bond donors (Lipinski definition) is 1. The van der Waals surface area contributed by atoms with Crippen LogP contribution in [0.2, 0.25) is 0 Å². The molecule has 116 valence electrons. The predicted molar refractivity (Wildman–Crippen MR) is 84.4 cm³/mol. The fraction of sp³-hybridized carbons (Fsp3) is 0.688. The van der Waals surface area contributed by atoms with Crippen molar-refractivity contribution in [3.05, 3.63) is 21.9 Å². The van der Waals surface area contributed by atoms with E-state index in [0.717, 1.165) is 39.0 Å². The fourth-order valence-electron chi connectivity index (χ4n) is 3.66. The number of nitrogens with one attached hydrogen (secondary N) is 1. The zero-order chi connectivity index (χ0) is 14.9. The van der Waals surface area contributed by atoms with E-state index in [0.29, 0.717) is 6.61 Å². The highest BCUT2D eigenvalue weighted by molar-refractivity contribution is 7.10. The van der Waals surface area contributed by atoms with Crippen LogP contribution in [0.3, 0.4) is 0 Å². The molecular formula is C16H24N2O2S. The lowest BCUT2D eigenvalue weighted by atomic mass is 9.71. The Balaban J connectivity index is 1.62. The number of thiophene rings is 1. The molecule has 2 aliphatic rings. The van der Waals surface area contributed by atoms with E-state index < -0.39 is 0 Å². The van der Waals surface area contributed by atoms with Gasteiger partial charge in [-0.15, -0.1) is 11.3 Å². The maximum atomic E-state index is 12.0. The highest BCUT2D eigenvalue weighted by Gasteiger charge is 2.49. The number of carbonyl (C=O) groups is 1. The third-order valence-corrected chi connectivity index (χ3v) is 6.20. The number of rotatable bonds is 4. The Kier molecular flexibility index (Phi) is 4.33. The Bertz CT molecular complexity index is 506. The third-order valence-electron chi connectivity index (χ3n) is 5.19. The van der Waals surface area contributed by atoms with Gasteiger partial charge in [0.2, 0.25) is 5.91 Å². The Morgan fingerprint density at radius 2 is 2.24 bits per heavy atom. The van der Waals surface area contributed by atoms with Gasteiger partial charge in [0, 0.05) is 30.5 Å². The van der Waals surface area contributed by atoms with Gasteiger partial charge < -0.3 is 10.1 Å². The molecule has 1 N–H and O–H groups in total. The lowest BCUT2D eigenvalue weighted by Gasteiger charge is -2.41. The van der Waals surface area contributed by atoms with E-state index in [9.17, 15) is 4.79 Å². The molecule has 21 heavy (non-hydrogen) atoms. The molecule has 1 amide bonds. The molecule has 4 nitrogen and oxygen atoms in total. The van der Waals surface area contributed by atoms with Crippen LogP contribution in [0.25, 0.3) is 0 Å². The van der Waals surface area contributed by atoms with Crippen molar-refractivity contribution < 1.29 is 9.53 Å². The van der Waals surface area contributed by atoms with Crippen LogP contribution in [0.4, 0.5) is 0 Å². The van der Waals surface area contributed by atoms with Crippen molar-refractivity contribution in [2.45, 2.75) is 26.3 Å². The minimum atomic E-state index is 0.0353. The molecule has 0 bridgehead atoms. The molecule has 2 saturated heterocycles. The smallest absolute Gasteiger partial charge is 0.226 e. The maximum absolute atomic E-state index is 12.0. The van der Waals surface area contributed by atoms with Gasteiger partial charge in [-0.25, -0.2) is 0 Å². The monoisotopic (exact) mass is 308 g/mol. The van der Waals surface area contributed by atoms with Gasteiger partial charge >= 0.3 is 0 Å². The molecule has 3 heterocycles. The van der Waals surface area contributed by atoms with E-state index in [-0.39, 0.29) is 17.2 Å². The van der Waals surface area contributed by atoms with Gasteiger partial charge in [0.1, 0.15) is 0 Å². The van der Waals surface area contributed by atoms with E-state index in [1.54, 1.807) is 7.11 Å². The molecule has 2 aliphatic heterocycles. The predicted octanol–water partition coefficient (Wildman–Crippen LogP) is 2.03. The van der Waals surface area contributed by atoms with E-state index >= 15 is 0 Å². The first-order valence-corrected chi connectivity index (χ1v) is 8.54. The second-order valence-corrected chi connectivity index (χ2v) is 7.39. The fourth-order valence-corrected chi connectivity index (χ4v) is 4.61. The van der Waals surface area contributed by atoms with Crippen LogP contribution >= 0.6 is 11.3 Å². The summed E-state index contributed by atoms with van der Waals surface area (Å²) in [5.74, 6) is 0.215. The van der Waals surface area contributed by atoms with E-state index in [4.69, 9.17) is 4.74 Å². The second-order valence-electron chi connectivity index (χ2n) is 6.39. The van der Waals surface area contributed by atoms with Gasteiger partial charge in [-0.05, 0) is 49.9 Å². The van der Waals surface area contributed by atoms with Crippen molar-refractivity contribution in [3.8, 4) is 0 Å². The Morgan fingerprint density at radius 3 is 2.86 bits per heavy atom. The molecular weight excluding hydrogens is 284 g/mol. The van der Waals surface area contributed by atoms with Crippen molar-refractivity contribution in [2.75, 3.05) is 33.4 Å². The molecule has 5 heteroatoms. The average molecular weight is 308 g/mol. The van der Waals surface area contributed by atoms with Gasteiger partial charge in [0.25, 0.3) is 0 Å². The number of nitrogens with zero attached hydrogens (tertiary/aromatic N) is 1. The van der Waals surface area contributed by atoms with Crippen molar-refractivity contribution in [2.24, 2.45) is 11.3 Å². The summed E-state index contributed by atoms with van der Waals surface area (Å²) in [4.78, 5) is 16.0. The van der Waals surface area contributed by atoms with Crippen molar-refractivity contribution >= 4 is 17.2 Å².